The minimum atomic E-state index is 0.0724. The van der Waals surface area contributed by atoms with Gasteiger partial charge in [-0.2, -0.15) is 0 Å². The molecule has 0 fully saturated rings. The Morgan fingerprint density at radius 1 is 1.11 bits per heavy atom. The van der Waals surface area contributed by atoms with Crippen molar-refractivity contribution in [3.05, 3.63) is 70.4 Å². The Morgan fingerprint density at radius 3 is 2.56 bits per heavy atom. The van der Waals surface area contributed by atoms with E-state index in [-0.39, 0.29) is 11.8 Å². The third-order valence-corrected chi connectivity index (χ3v) is 5.84. The Labute approximate surface area is 164 Å². The first-order valence-electron chi connectivity index (χ1n) is 9.31. The molecule has 1 aliphatic rings. The van der Waals surface area contributed by atoms with Crippen molar-refractivity contribution >= 4 is 22.9 Å². The highest BCUT2D eigenvalue weighted by Gasteiger charge is 2.30. The van der Waals surface area contributed by atoms with Crippen LogP contribution < -0.4 is 10.1 Å². The van der Waals surface area contributed by atoms with Gasteiger partial charge in [0.25, 0.3) is 0 Å². The van der Waals surface area contributed by atoms with E-state index in [1.54, 1.807) is 11.3 Å². The van der Waals surface area contributed by atoms with E-state index in [1.807, 2.05) is 30.3 Å². The molecule has 3 aromatic rings. The van der Waals surface area contributed by atoms with Gasteiger partial charge in [-0.05, 0) is 29.2 Å². The normalized spacial score (nSPS) is 16.1. The number of ether oxygens (including phenoxy) is 1. The molecule has 1 amide bonds. The van der Waals surface area contributed by atoms with Crippen molar-refractivity contribution in [2.45, 2.75) is 26.2 Å². The van der Waals surface area contributed by atoms with Crippen LogP contribution in [0.1, 0.15) is 36.6 Å². The van der Waals surface area contributed by atoms with Crippen molar-refractivity contribution in [2.24, 2.45) is 5.92 Å². The fraction of sp³-hybridized carbons (Fsp3) is 0.261. The van der Waals surface area contributed by atoms with Gasteiger partial charge in [-0.1, -0.05) is 56.3 Å². The van der Waals surface area contributed by atoms with Gasteiger partial charge in [0.1, 0.15) is 5.75 Å². The van der Waals surface area contributed by atoms with Crippen molar-refractivity contribution in [1.82, 2.24) is 0 Å². The van der Waals surface area contributed by atoms with Crippen LogP contribution in [0.15, 0.2) is 60.0 Å². The van der Waals surface area contributed by atoms with Crippen molar-refractivity contribution in [1.29, 1.82) is 0 Å². The van der Waals surface area contributed by atoms with E-state index in [0.717, 1.165) is 28.1 Å². The predicted molar refractivity (Wildman–Crippen MR) is 112 cm³/mol. The molecule has 0 spiro atoms. The second-order valence-electron chi connectivity index (χ2n) is 7.33. The number of nitrogens with one attached hydrogen (secondary N) is 1. The number of carbonyl (C=O) groups is 1. The number of hydrogen-bond donors (Lipinski definition) is 1. The lowest BCUT2D eigenvalue weighted by Crippen LogP contribution is -2.22. The number of carbonyl (C=O) groups excluding carboxylic acids is 1. The van der Waals surface area contributed by atoms with Crippen LogP contribution in [-0.2, 0) is 4.79 Å². The summed E-state index contributed by atoms with van der Waals surface area (Å²) < 4.78 is 5.79. The molecule has 138 valence electrons. The van der Waals surface area contributed by atoms with Crippen LogP contribution in [0.4, 0.5) is 5.69 Å². The van der Waals surface area contributed by atoms with Gasteiger partial charge in [0.05, 0.1) is 12.3 Å². The molecule has 0 aliphatic carbocycles. The molecular weight excluding hydrogens is 354 g/mol. The third-order valence-electron chi connectivity index (χ3n) is 4.74. The molecule has 4 rings (SSSR count). The van der Waals surface area contributed by atoms with Crippen LogP contribution in [0, 0.1) is 5.92 Å². The van der Waals surface area contributed by atoms with Gasteiger partial charge in [-0.25, -0.2) is 0 Å². The summed E-state index contributed by atoms with van der Waals surface area (Å²) in [6, 6.07) is 18.4. The van der Waals surface area contributed by atoms with Crippen LogP contribution in [0.25, 0.3) is 11.1 Å². The Balaban J connectivity index is 1.64. The van der Waals surface area contributed by atoms with E-state index in [9.17, 15) is 4.79 Å². The fourth-order valence-electron chi connectivity index (χ4n) is 3.39. The molecule has 1 atom stereocenters. The summed E-state index contributed by atoms with van der Waals surface area (Å²) in [5.41, 5.74) is 4.36. The minimum absolute atomic E-state index is 0.0724. The Morgan fingerprint density at radius 2 is 1.85 bits per heavy atom. The third kappa shape index (κ3) is 3.76. The molecule has 1 aliphatic heterocycles. The lowest BCUT2D eigenvalue weighted by atomic mass is 9.89. The SMILES string of the molecule is CC(C)COc1ccc([C@H]2CC(=O)Nc3c(-c4ccccc4)csc32)cc1. The lowest BCUT2D eigenvalue weighted by Gasteiger charge is -2.24. The molecule has 0 saturated heterocycles. The van der Waals surface area contributed by atoms with E-state index < -0.39 is 0 Å². The van der Waals surface area contributed by atoms with E-state index >= 15 is 0 Å². The van der Waals surface area contributed by atoms with Crippen LogP contribution in [0.2, 0.25) is 0 Å². The summed E-state index contributed by atoms with van der Waals surface area (Å²) in [7, 11) is 0. The quantitative estimate of drug-likeness (QED) is 0.599. The summed E-state index contributed by atoms with van der Waals surface area (Å²) in [5.74, 6) is 1.54. The molecule has 4 heteroatoms. The summed E-state index contributed by atoms with van der Waals surface area (Å²) in [5, 5.41) is 5.25. The van der Waals surface area contributed by atoms with E-state index in [1.165, 1.54) is 4.88 Å². The van der Waals surface area contributed by atoms with E-state index in [2.05, 4.69) is 48.8 Å². The second-order valence-corrected chi connectivity index (χ2v) is 8.24. The summed E-state index contributed by atoms with van der Waals surface area (Å²) in [6.07, 6.45) is 0.480. The zero-order valence-corrected chi connectivity index (χ0v) is 16.4. The molecule has 0 radical (unpaired) electrons. The first-order valence-corrected chi connectivity index (χ1v) is 10.2. The molecule has 1 aromatic heterocycles. The largest absolute Gasteiger partial charge is 0.493 e. The second kappa shape index (κ2) is 7.57. The van der Waals surface area contributed by atoms with Crippen LogP contribution in [0.5, 0.6) is 5.75 Å². The van der Waals surface area contributed by atoms with Crippen LogP contribution in [0.3, 0.4) is 0 Å². The molecule has 0 bridgehead atoms. The van der Waals surface area contributed by atoms with Gasteiger partial charge >= 0.3 is 0 Å². The highest BCUT2D eigenvalue weighted by molar-refractivity contribution is 7.11. The fourth-order valence-corrected chi connectivity index (χ4v) is 4.55. The van der Waals surface area contributed by atoms with Gasteiger partial charge in [0.2, 0.25) is 5.91 Å². The number of amides is 1. The lowest BCUT2D eigenvalue weighted by molar-refractivity contribution is -0.116. The predicted octanol–water partition coefficient (Wildman–Crippen LogP) is 5.92. The average Bonchev–Trinajstić information content (AvgIpc) is 3.10. The van der Waals surface area contributed by atoms with Gasteiger partial charge in [0, 0.05) is 28.2 Å². The number of hydrogen-bond acceptors (Lipinski definition) is 3. The highest BCUT2D eigenvalue weighted by atomic mass is 32.1. The van der Waals surface area contributed by atoms with Crippen LogP contribution >= 0.6 is 11.3 Å². The maximum absolute atomic E-state index is 12.4. The maximum Gasteiger partial charge on any atom is 0.225 e. The van der Waals surface area contributed by atoms with Crippen molar-refractivity contribution in [2.75, 3.05) is 11.9 Å². The molecule has 0 unspecified atom stereocenters. The van der Waals surface area contributed by atoms with Gasteiger partial charge < -0.3 is 10.1 Å². The molecule has 2 aromatic carbocycles. The standard InChI is InChI=1S/C23H23NO2S/c1-15(2)13-26-18-10-8-17(9-11-18)19-12-21(25)24-22-20(14-27-23(19)22)16-6-4-3-5-7-16/h3-11,14-15,19H,12-13H2,1-2H3,(H,24,25)/t19-/m1/s1. The zero-order valence-electron chi connectivity index (χ0n) is 15.6. The smallest absolute Gasteiger partial charge is 0.225 e. The van der Waals surface area contributed by atoms with Crippen molar-refractivity contribution < 1.29 is 9.53 Å². The monoisotopic (exact) mass is 377 g/mol. The molecule has 1 N–H and O–H groups in total. The Hall–Kier alpha value is -2.59. The Bertz CT molecular complexity index is 929. The summed E-state index contributed by atoms with van der Waals surface area (Å²) in [6.45, 7) is 4.98. The molecule has 3 nitrogen and oxygen atoms in total. The summed E-state index contributed by atoms with van der Waals surface area (Å²) in [4.78, 5) is 13.6. The zero-order chi connectivity index (χ0) is 18.8. The van der Waals surface area contributed by atoms with Crippen molar-refractivity contribution in [3.8, 4) is 16.9 Å². The molecular formula is C23H23NO2S. The van der Waals surface area contributed by atoms with Crippen LogP contribution in [-0.4, -0.2) is 12.5 Å². The molecule has 27 heavy (non-hydrogen) atoms. The van der Waals surface area contributed by atoms with Crippen molar-refractivity contribution in [3.63, 3.8) is 0 Å². The first kappa shape index (κ1) is 17.8. The highest BCUT2D eigenvalue weighted by Crippen LogP contribution is 2.46. The molecule has 2 heterocycles. The number of fused-ring (bicyclic) bond motifs is 1. The summed E-state index contributed by atoms with van der Waals surface area (Å²) >= 11 is 1.72. The van der Waals surface area contributed by atoms with E-state index in [4.69, 9.17) is 4.74 Å². The Kier molecular flexibility index (Phi) is 4.99. The topological polar surface area (TPSA) is 38.3 Å². The first-order chi connectivity index (χ1) is 13.1. The van der Waals surface area contributed by atoms with Gasteiger partial charge in [0.15, 0.2) is 0 Å². The maximum atomic E-state index is 12.4. The van der Waals surface area contributed by atoms with Gasteiger partial charge in [-0.3, -0.25) is 4.79 Å². The average molecular weight is 378 g/mol. The number of benzene rings is 2. The van der Waals surface area contributed by atoms with Gasteiger partial charge in [-0.15, -0.1) is 11.3 Å². The number of thiophene rings is 1. The number of rotatable bonds is 5. The minimum Gasteiger partial charge on any atom is -0.493 e. The van der Waals surface area contributed by atoms with E-state index in [0.29, 0.717) is 18.9 Å². The number of anilines is 1. The molecule has 0 saturated carbocycles.